The first-order chi connectivity index (χ1) is 7.59. The van der Waals surface area contributed by atoms with Crippen LogP contribution in [0.5, 0.6) is 0 Å². The second kappa shape index (κ2) is 3.88. The number of nitrogens with zero attached hydrogens (tertiary/aromatic N) is 1. The Morgan fingerprint density at radius 1 is 1.19 bits per heavy atom. The number of hydrogen-bond donors (Lipinski definition) is 2. The fourth-order valence-corrected chi connectivity index (χ4v) is 1.59. The summed E-state index contributed by atoms with van der Waals surface area (Å²) < 4.78 is 0. The van der Waals surface area contributed by atoms with Crippen molar-refractivity contribution in [3.8, 4) is 0 Å². The molecule has 0 saturated carbocycles. The third kappa shape index (κ3) is 1.73. The molecule has 0 unspecified atom stereocenters. The van der Waals surface area contributed by atoms with Gasteiger partial charge in [0.2, 0.25) is 0 Å². The zero-order valence-corrected chi connectivity index (χ0v) is 8.20. The van der Waals surface area contributed by atoms with Gasteiger partial charge in [-0.3, -0.25) is 10.1 Å². The Balaban J connectivity index is 2.73. The normalized spacial score (nSPS) is 10.9. The van der Waals surface area contributed by atoms with E-state index in [1.165, 1.54) is 18.2 Å². The van der Waals surface area contributed by atoms with Crippen molar-refractivity contribution in [2.45, 2.75) is 6.29 Å². The van der Waals surface area contributed by atoms with Crippen molar-refractivity contribution in [1.29, 1.82) is 0 Å². The van der Waals surface area contributed by atoms with Crippen LogP contribution in [0.2, 0.25) is 0 Å². The Kier molecular flexibility index (Phi) is 2.55. The van der Waals surface area contributed by atoms with Crippen molar-refractivity contribution in [1.82, 2.24) is 0 Å². The first kappa shape index (κ1) is 10.5. The number of hydrogen-bond acceptors (Lipinski definition) is 4. The van der Waals surface area contributed by atoms with Crippen LogP contribution in [0.25, 0.3) is 10.8 Å². The van der Waals surface area contributed by atoms with E-state index in [0.717, 1.165) is 0 Å². The van der Waals surface area contributed by atoms with Gasteiger partial charge in [0.05, 0.1) is 10.3 Å². The summed E-state index contributed by atoms with van der Waals surface area (Å²) in [5, 5.41) is 29.9. The lowest BCUT2D eigenvalue weighted by Crippen LogP contribution is -1.95. The minimum absolute atomic E-state index is 0.0417. The van der Waals surface area contributed by atoms with Crippen molar-refractivity contribution in [3.05, 3.63) is 52.1 Å². The van der Waals surface area contributed by atoms with Gasteiger partial charge in [-0.25, -0.2) is 0 Å². The lowest BCUT2D eigenvalue weighted by Gasteiger charge is -2.05. The molecular weight excluding hydrogens is 210 g/mol. The summed E-state index contributed by atoms with van der Waals surface area (Å²) in [6.07, 6.45) is -1.62. The van der Waals surface area contributed by atoms with Gasteiger partial charge in [-0.15, -0.1) is 0 Å². The largest absolute Gasteiger partial charge is 0.364 e. The van der Waals surface area contributed by atoms with Crippen molar-refractivity contribution in [2.24, 2.45) is 0 Å². The smallest absolute Gasteiger partial charge is 0.277 e. The minimum atomic E-state index is -1.62. The molecule has 5 nitrogen and oxygen atoms in total. The first-order valence-electron chi connectivity index (χ1n) is 4.63. The third-order valence-electron chi connectivity index (χ3n) is 2.38. The molecule has 0 bridgehead atoms. The van der Waals surface area contributed by atoms with Gasteiger partial charge < -0.3 is 10.2 Å². The number of nitro benzene ring substituents is 1. The molecule has 82 valence electrons. The van der Waals surface area contributed by atoms with E-state index >= 15 is 0 Å². The summed E-state index contributed by atoms with van der Waals surface area (Å²) in [5.74, 6) is 0. The molecule has 0 aliphatic rings. The van der Waals surface area contributed by atoms with Crippen molar-refractivity contribution in [2.75, 3.05) is 0 Å². The Morgan fingerprint density at radius 3 is 2.56 bits per heavy atom. The summed E-state index contributed by atoms with van der Waals surface area (Å²) in [5.41, 5.74) is 0.196. The molecule has 0 fully saturated rings. The summed E-state index contributed by atoms with van der Waals surface area (Å²) in [4.78, 5) is 10.3. The molecule has 0 aliphatic carbocycles. The average molecular weight is 219 g/mol. The van der Waals surface area contributed by atoms with Crippen LogP contribution >= 0.6 is 0 Å². The predicted octanol–water partition coefficient (Wildman–Crippen LogP) is 1.73. The zero-order chi connectivity index (χ0) is 11.7. The topological polar surface area (TPSA) is 83.6 Å². The summed E-state index contributed by atoms with van der Waals surface area (Å²) >= 11 is 0. The van der Waals surface area contributed by atoms with E-state index in [1.54, 1.807) is 18.2 Å². The molecular formula is C11H9NO4. The minimum Gasteiger partial charge on any atom is -0.364 e. The molecule has 0 spiro atoms. The lowest BCUT2D eigenvalue weighted by atomic mass is 10.1. The van der Waals surface area contributed by atoms with Gasteiger partial charge in [-0.2, -0.15) is 0 Å². The van der Waals surface area contributed by atoms with Crippen LogP contribution in [0, 0.1) is 10.1 Å². The maximum Gasteiger partial charge on any atom is 0.277 e. The number of aliphatic hydroxyl groups excluding tert-OH is 1. The van der Waals surface area contributed by atoms with Crippen LogP contribution in [-0.4, -0.2) is 15.1 Å². The molecule has 0 heterocycles. The maximum absolute atomic E-state index is 10.8. The van der Waals surface area contributed by atoms with Crippen LogP contribution in [0.4, 0.5) is 5.69 Å². The van der Waals surface area contributed by atoms with Gasteiger partial charge in [0.1, 0.15) is 0 Å². The Hall–Kier alpha value is -1.98. The van der Waals surface area contributed by atoms with E-state index in [-0.39, 0.29) is 11.3 Å². The SMILES string of the molecule is O=[N+]([O-])c1cccc2ccc(C(O)O)cc12. The zero-order valence-electron chi connectivity index (χ0n) is 8.20. The number of nitro groups is 1. The number of non-ortho nitro benzene ring substituents is 1. The Labute approximate surface area is 90.7 Å². The van der Waals surface area contributed by atoms with Crippen LogP contribution < -0.4 is 0 Å². The van der Waals surface area contributed by atoms with E-state index in [4.69, 9.17) is 10.2 Å². The summed E-state index contributed by atoms with van der Waals surface area (Å²) in [7, 11) is 0. The van der Waals surface area contributed by atoms with Crippen molar-refractivity contribution in [3.63, 3.8) is 0 Å². The molecule has 2 rings (SSSR count). The van der Waals surface area contributed by atoms with Crippen LogP contribution in [0.1, 0.15) is 11.9 Å². The monoisotopic (exact) mass is 219 g/mol. The lowest BCUT2D eigenvalue weighted by molar-refractivity contribution is -0.383. The van der Waals surface area contributed by atoms with Crippen molar-refractivity contribution < 1.29 is 15.1 Å². The van der Waals surface area contributed by atoms with Crippen LogP contribution in [0.3, 0.4) is 0 Å². The molecule has 0 aromatic heterocycles. The Morgan fingerprint density at radius 2 is 1.94 bits per heavy atom. The first-order valence-corrected chi connectivity index (χ1v) is 4.63. The number of benzene rings is 2. The number of fused-ring (bicyclic) bond motifs is 1. The molecule has 2 aromatic rings. The van der Waals surface area contributed by atoms with E-state index in [1.807, 2.05) is 0 Å². The van der Waals surface area contributed by atoms with Gasteiger partial charge in [0.25, 0.3) is 5.69 Å². The number of aliphatic hydroxyl groups is 2. The molecule has 0 saturated heterocycles. The molecule has 2 N–H and O–H groups in total. The average Bonchev–Trinajstić information content (AvgIpc) is 2.27. The molecule has 0 radical (unpaired) electrons. The predicted molar refractivity (Wildman–Crippen MR) is 57.8 cm³/mol. The second-order valence-electron chi connectivity index (χ2n) is 3.39. The number of rotatable bonds is 2. The maximum atomic E-state index is 10.8. The summed E-state index contributed by atoms with van der Waals surface area (Å²) in [6, 6.07) is 9.27. The third-order valence-corrected chi connectivity index (χ3v) is 2.38. The van der Waals surface area contributed by atoms with E-state index < -0.39 is 11.2 Å². The molecule has 5 heteroatoms. The fourth-order valence-electron chi connectivity index (χ4n) is 1.59. The highest BCUT2D eigenvalue weighted by molar-refractivity contribution is 5.91. The van der Waals surface area contributed by atoms with E-state index in [2.05, 4.69) is 0 Å². The standard InChI is InChI=1S/C11H9NO4/c13-11(14)8-5-4-7-2-1-3-10(12(15)16)9(7)6-8/h1-6,11,13-14H. The van der Waals surface area contributed by atoms with Gasteiger partial charge in [-0.1, -0.05) is 24.3 Å². The highest BCUT2D eigenvalue weighted by Gasteiger charge is 2.12. The quantitative estimate of drug-likeness (QED) is 0.457. The van der Waals surface area contributed by atoms with Crippen molar-refractivity contribution >= 4 is 16.5 Å². The fraction of sp³-hybridized carbons (Fsp3) is 0.0909. The van der Waals surface area contributed by atoms with Gasteiger partial charge >= 0.3 is 0 Å². The van der Waals surface area contributed by atoms with Gasteiger partial charge in [0.15, 0.2) is 6.29 Å². The Bertz CT molecular complexity index is 551. The molecule has 0 atom stereocenters. The van der Waals surface area contributed by atoms with Gasteiger partial charge in [0, 0.05) is 11.6 Å². The summed E-state index contributed by atoms with van der Waals surface area (Å²) in [6.45, 7) is 0. The highest BCUT2D eigenvalue weighted by Crippen LogP contribution is 2.27. The van der Waals surface area contributed by atoms with E-state index in [9.17, 15) is 10.1 Å². The second-order valence-corrected chi connectivity index (χ2v) is 3.39. The molecule has 2 aromatic carbocycles. The van der Waals surface area contributed by atoms with Crippen LogP contribution in [0.15, 0.2) is 36.4 Å². The molecule has 0 amide bonds. The van der Waals surface area contributed by atoms with E-state index in [0.29, 0.717) is 10.8 Å². The highest BCUT2D eigenvalue weighted by atomic mass is 16.6. The van der Waals surface area contributed by atoms with Gasteiger partial charge in [-0.05, 0) is 11.5 Å². The molecule has 0 aliphatic heterocycles. The van der Waals surface area contributed by atoms with Crippen LogP contribution in [-0.2, 0) is 0 Å². The molecule has 16 heavy (non-hydrogen) atoms.